The second kappa shape index (κ2) is 6.79. The predicted molar refractivity (Wildman–Crippen MR) is 97.7 cm³/mol. The minimum atomic E-state index is -2.60. The van der Waals surface area contributed by atoms with E-state index in [-0.39, 0.29) is 37.1 Å². The van der Waals surface area contributed by atoms with Crippen molar-refractivity contribution in [2.75, 3.05) is 11.1 Å². The molecule has 8 heteroatoms. The smallest absolute Gasteiger partial charge is 0.248 e. The summed E-state index contributed by atoms with van der Waals surface area (Å²) in [5.41, 5.74) is 1.54. The van der Waals surface area contributed by atoms with Crippen LogP contribution in [0, 0.1) is 5.92 Å². The van der Waals surface area contributed by atoms with Crippen molar-refractivity contribution in [1.82, 2.24) is 14.5 Å². The molecule has 2 aromatic heterocycles. The van der Waals surface area contributed by atoms with Gasteiger partial charge in [-0.2, -0.15) is 0 Å². The van der Waals surface area contributed by atoms with Gasteiger partial charge in [-0.05, 0) is 43.1 Å². The van der Waals surface area contributed by atoms with E-state index in [1.54, 1.807) is 11.8 Å². The minimum Gasteiger partial charge on any atom is -0.296 e. The lowest BCUT2D eigenvalue weighted by Crippen LogP contribution is -2.37. The monoisotopic (exact) mass is 380 g/mol. The van der Waals surface area contributed by atoms with Crippen LogP contribution in [0.3, 0.4) is 0 Å². The number of anilines is 1. The molecule has 4 rings (SSSR count). The van der Waals surface area contributed by atoms with Gasteiger partial charge >= 0.3 is 0 Å². The van der Waals surface area contributed by atoms with Gasteiger partial charge < -0.3 is 0 Å². The first-order valence-electron chi connectivity index (χ1n) is 9.14. The summed E-state index contributed by atoms with van der Waals surface area (Å²) >= 11 is 1.67. The molecule has 140 valence electrons. The maximum absolute atomic E-state index is 13.0. The van der Waals surface area contributed by atoms with Crippen LogP contribution in [0.2, 0.25) is 0 Å². The molecule has 0 spiro atoms. The van der Waals surface area contributed by atoms with Crippen LogP contribution < -0.4 is 5.32 Å². The maximum atomic E-state index is 13.0. The summed E-state index contributed by atoms with van der Waals surface area (Å²) in [5.74, 6) is -1.65. The van der Waals surface area contributed by atoms with E-state index in [1.807, 2.05) is 16.7 Å². The van der Waals surface area contributed by atoms with E-state index >= 15 is 0 Å². The number of nitrogens with one attached hydrogen (secondary N) is 1. The molecule has 2 aliphatic carbocycles. The molecular formula is C18H22F2N4OS. The van der Waals surface area contributed by atoms with E-state index in [4.69, 9.17) is 4.98 Å². The van der Waals surface area contributed by atoms with Gasteiger partial charge in [-0.3, -0.25) is 14.7 Å². The van der Waals surface area contributed by atoms with Gasteiger partial charge in [-0.15, -0.1) is 11.8 Å². The van der Waals surface area contributed by atoms with Gasteiger partial charge in [0.25, 0.3) is 0 Å². The number of halogens is 2. The van der Waals surface area contributed by atoms with Gasteiger partial charge in [0, 0.05) is 25.3 Å². The number of imidazole rings is 1. The summed E-state index contributed by atoms with van der Waals surface area (Å²) in [6.07, 6.45) is 2.95. The van der Waals surface area contributed by atoms with Gasteiger partial charge in [-0.1, -0.05) is 6.92 Å². The number of thioether (sulfide) groups is 1. The SMILES string of the molecule is CCSc1ccc2nc(NC(=O)CC3CC(F)(F)C3)n(C3CCC3)c2n1. The molecule has 0 radical (unpaired) electrons. The zero-order valence-electron chi connectivity index (χ0n) is 14.7. The van der Waals surface area contributed by atoms with Crippen LogP contribution in [0.4, 0.5) is 14.7 Å². The minimum absolute atomic E-state index is 0.119. The Morgan fingerprint density at radius 1 is 1.35 bits per heavy atom. The van der Waals surface area contributed by atoms with Gasteiger partial charge in [0.05, 0.1) is 5.03 Å². The molecule has 0 saturated heterocycles. The highest BCUT2D eigenvalue weighted by Crippen LogP contribution is 2.44. The van der Waals surface area contributed by atoms with Crippen LogP contribution in [0.1, 0.15) is 51.5 Å². The standard InChI is InChI=1S/C18H22F2N4OS/c1-2-26-15-7-6-13-16(23-15)24(12-4-3-5-12)17(21-13)22-14(25)8-11-9-18(19,20)10-11/h6-7,11-12H,2-5,8-10H2,1H3,(H,21,22,25). The van der Waals surface area contributed by atoms with Crippen molar-refractivity contribution >= 4 is 34.8 Å². The Balaban J connectivity index is 1.56. The molecule has 1 N–H and O–H groups in total. The molecule has 5 nitrogen and oxygen atoms in total. The number of carbonyl (C=O) groups excluding carboxylic acids is 1. The summed E-state index contributed by atoms with van der Waals surface area (Å²) in [6.45, 7) is 2.08. The Morgan fingerprint density at radius 2 is 2.12 bits per heavy atom. The van der Waals surface area contributed by atoms with Crippen LogP contribution in [0.5, 0.6) is 0 Å². The van der Waals surface area contributed by atoms with Crippen molar-refractivity contribution in [1.29, 1.82) is 0 Å². The summed E-state index contributed by atoms with van der Waals surface area (Å²) in [5, 5.41) is 3.79. The van der Waals surface area contributed by atoms with E-state index in [1.165, 1.54) is 0 Å². The summed E-state index contributed by atoms with van der Waals surface area (Å²) < 4.78 is 28.0. The van der Waals surface area contributed by atoms with Crippen molar-refractivity contribution in [3.8, 4) is 0 Å². The average Bonchev–Trinajstić information content (AvgIpc) is 2.82. The Labute approximate surface area is 155 Å². The second-order valence-electron chi connectivity index (χ2n) is 7.20. The Morgan fingerprint density at radius 3 is 2.73 bits per heavy atom. The first-order chi connectivity index (χ1) is 12.4. The van der Waals surface area contributed by atoms with Crippen LogP contribution in [0.15, 0.2) is 17.2 Å². The fourth-order valence-electron chi connectivity index (χ4n) is 3.63. The van der Waals surface area contributed by atoms with E-state index < -0.39 is 5.92 Å². The number of rotatable bonds is 6. The summed E-state index contributed by atoms with van der Waals surface area (Å²) in [7, 11) is 0. The number of hydrogen-bond donors (Lipinski definition) is 1. The molecule has 0 aliphatic heterocycles. The molecule has 0 atom stereocenters. The quantitative estimate of drug-likeness (QED) is 0.742. The molecular weight excluding hydrogens is 358 g/mol. The number of alkyl halides is 2. The second-order valence-corrected chi connectivity index (χ2v) is 8.48. The Bertz CT molecular complexity index is 826. The normalized spacial score (nSPS) is 20.0. The fraction of sp³-hybridized carbons (Fsp3) is 0.611. The third kappa shape index (κ3) is 3.43. The highest BCUT2D eigenvalue weighted by atomic mass is 32.2. The van der Waals surface area contributed by atoms with Gasteiger partial charge in [-0.25, -0.2) is 18.7 Å². The fourth-order valence-corrected chi connectivity index (χ4v) is 4.24. The Kier molecular flexibility index (Phi) is 4.62. The largest absolute Gasteiger partial charge is 0.296 e. The number of carbonyl (C=O) groups is 1. The number of fused-ring (bicyclic) bond motifs is 1. The van der Waals surface area contributed by atoms with E-state index in [2.05, 4.69) is 17.2 Å². The third-order valence-electron chi connectivity index (χ3n) is 5.14. The zero-order chi connectivity index (χ0) is 18.3. The lowest BCUT2D eigenvalue weighted by atomic mass is 9.79. The molecule has 2 aliphatic rings. The van der Waals surface area contributed by atoms with Crippen molar-refractivity contribution in [2.24, 2.45) is 5.92 Å². The van der Waals surface area contributed by atoms with Crippen molar-refractivity contribution in [3.05, 3.63) is 12.1 Å². The maximum Gasteiger partial charge on any atom is 0.248 e. The number of hydrogen-bond acceptors (Lipinski definition) is 4. The zero-order valence-corrected chi connectivity index (χ0v) is 15.5. The molecule has 2 saturated carbocycles. The summed E-state index contributed by atoms with van der Waals surface area (Å²) in [4.78, 5) is 21.6. The lowest BCUT2D eigenvalue weighted by Gasteiger charge is -2.34. The third-order valence-corrected chi connectivity index (χ3v) is 5.96. The van der Waals surface area contributed by atoms with E-state index in [0.29, 0.717) is 5.95 Å². The molecule has 1 amide bonds. The molecule has 2 aromatic rings. The molecule has 26 heavy (non-hydrogen) atoms. The van der Waals surface area contributed by atoms with Crippen molar-refractivity contribution < 1.29 is 13.6 Å². The van der Waals surface area contributed by atoms with E-state index in [0.717, 1.165) is 41.2 Å². The van der Waals surface area contributed by atoms with Crippen molar-refractivity contribution in [3.63, 3.8) is 0 Å². The van der Waals surface area contributed by atoms with Gasteiger partial charge in [0.15, 0.2) is 5.65 Å². The predicted octanol–water partition coefficient (Wildman–Crippen LogP) is 4.64. The van der Waals surface area contributed by atoms with Crippen LogP contribution in [0.25, 0.3) is 11.2 Å². The molecule has 2 fully saturated rings. The first kappa shape index (κ1) is 17.7. The number of aromatic nitrogens is 3. The average molecular weight is 380 g/mol. The van der Waals surface area contributed by atoms with Crippen LogP contribution in [-0.2, 0) is 4.79 Å². The lowest BCUT2D eigenvalue weighted by molar-refractivity contribution is -0.129. The highest BCUT2D eigenvalue weighted by Gasteiger charge is 2.45. The van der Waals surface area contributed by atoms with E-state index in [9.17, 15) is 13.6 Å². The molecule has 0 aromatic carbocycles. The Hall–Kier alpha value is -1.70. The number of nitrogens with zero attached hydrogens (tertiary/aromatic N) is 3. The highest BCUT2D eigenvalue weighted by molar-refractivity contribution is 7.99. The first-order valence-corrected chi connectivity index (χ1v) is 10.1. The van der Waals surface area contributed by atoms with Crippen LogP contribution in [-0.4, -0.2) is 32.1 Å². The topological polar surface area (TPSA) is 59.8 Å². The number of pyridine rings is 1. The molecule has 0 unspecified atom stereocenters. The summed E-state index contributed by atoms with van der Waals surface area (Å²) in [6, 6.07) is 4.16. The van der Waals surface area contributed by atoms with Gasteiger partial charge in [0.1, 0.15) is 5.52 Å². The number of amides is 1. The van der Waals surface area contributed by atoms with Gasteiger partial charge in [0.2, 0.25) is 17.8 Å². The molecule has 0 bridgehead atoms. The molecule has 2 heterocycles. The van der Waals surface area contributed by atoms with Crippen molar-refractivity contribution in [2.45, 2.75) is 62.4 Å². The van der Waals surface area contributed by atoms with Crippen LogP contribution >= 0.6 is 11.8 Å².